The summed E-state index contributed by atoms with van der Waals surface area (Å²) in [5.74, 6) is 0.983. The molecule has 1 aliphatic heterocycles. The van der Waals surface area contributed by atoms with Crippen molar-refractivity contribution in [3.8, 4) is 0 Å². The zero-order valence-electron chi connectivity index (χ0n) is 7.69. The highest BCUT2D eigenvalue weighted by atomic mass is 32.2. The lowest BCUT2D eigenvalue weighted by Gasteiger charge is -1.99. The van der Waals surface area contributed by atoms with E-state index in [-0.39, 0.29) is 5.78 Å². The van der Waals surface area contributed by atoms with Crippen LogP contribution in [0, 0.1) is 5.92 Å². The maximum atomic E-state index is 10.7. The van der Waals surface area contributed by atoms with Gasteiger partial charge >= 0.3 is 0 Å². The fourth-order valence-corrected chi connectivity index (χ4v) is 2.53. The van der Waals surface area contributed by atoms with Crippen LogP contribution in [0.2, 0.25) is 0 Å². The summed E-state index contributed by atoms with van der Waals surface area (Å²) in [5, 5.41) is 5.81. The van der Waals surface area contributed by atoms with Crippen molar-refractivity contribution in [1.82, 2.24) is 5.32 Å². The van der Waals surface area contributed by atoms with Gasteiger partial charge in [-0.25, -0.2) is 0 Å². The highest BCUT2D eigenvalue weighted by Gasteiger charge is 2.36. The minimum absolute atomic E-state index is 0.109. The van der Waals surface area contributed by atoms with E-state index in [1.807, 2.05) is 0 Å². The Hall–Kier alpha value is -0.510. The van der Waals surface area contributed by atoms with E-state index in [0.29, 0.717) is 11.8 Å². The van der Waals surface area contributed by atoms with Gasteiger partial charge in [-0.05, 0) is 25.7 Å². The van der Waals surface area contributed by atoms with Crippen LogP contribution in [0.15, 0.2) is 4.99 Å². The molecule has 2 aliphatic rings. The number of nitrogens with zero attached hydrogens (tertiary/aromatic N) is 2. The van der Waals surface area contributed by atoms with Gasteiger partial charge in [-0.1, -0.05) is 11.8 Å². The largest absolute Gasteiger partial charge is 0.298 e. The van der Waals surface area contributed by atoms with E-state index in [1.165, 1.54) is 12.8 Å². The second kappa shape index (κ2) is 3.70. The normalized spacial score (nSPS) is 30.5. The van der Waals surface area contributed by atoms with Gasteiger partial charge in [0.15, 0.2) is 11.0 Å². The van der Waals surface area contributed by atoms with E-state index in [2.05, 4.69) is 10.3 Å². The van der Waals surface area contributed by atoms with Crippen molar-refractivity contribution in [2.24, 2.45) is 10.9 Å². The van der Waals surface area contributed by atoms with E-state index < -0.39 is 0 Å². The first-order valence-electron chi connectivity index (χ1n) is 4.64. The molecule has 1 saturated heterocycles. The van der Waals surface area contributed by atoms with Crippen LogP contribution in [0.3, 0.4) is 0 Å². The van der Waals surface area contributed by atoms with Crippen molar-refractivity contribution in [2.75, 3.05) is 13.1 Å². The number of carbonyl (C=O) groups is 1. The van der Waals surface area contributed by atoms with Gasteiger partial charge in [-0.3, -0.25) is 15.1 Å². The summed E-state index contributed by atoms with van der Waals surface area (Å²) >= 11 is 1.75. The van der Waals surface area contributed by atoms with Gasteiger partial charge in [0.1, 0.15) is 6.54 Å². The van der Waals surface area contributed by atoms with Gasteiger partial charge in [0.2, 0.25) is 0 Å². The molecule has 0 aromatic heterocycles. The number of hydrogen-bond acceptors (Lipinski definition) is 3. The molecule has 4 heteroatoms. The van der Waals surface area contributed by atoms with Crippen molar-refractivity contribution < 1.29 is 4.79 Å². The van der Waals surface area contributed by atoms with E-state index in [4.69, 9.17) is 0 Å². The molecule has 1 atom stereocenters. The Morgan fingerprint density at radius 1 is 1.69 bits per heavy atom. The first-order chi connectivity index (χ1) is 6.25. The van der Waals surface area contributed by atoms with E-state index >= 15 is 0 Å². The molecule has 1 radical (unpaired) electrons. The van der Waals surface area contributed by atoms with Gasteiger partial charge in [-0.2, -0.15) is 0 Å². The molecule has 0 spiro atoms. The molecule has 1 saturated carbocycles. The van der Waals surface area contributed by atoms with Crippen molar-refractivity contribution >= 4 is 22.7 Å². The summed E-state index contributed by atoms with van der Waals surface area (Å²) in [6.07, 6.45) is 2.71. The van der Waals surface area contributed by atoms with E-state index in [0.717, 1.165) is 17.6 Å². The lowest BCUT2D eigenvalue weighted by atomic mass is 10.3. The highest BCUT2D eigenvalue weighted by Crippen LogP contribution is 2.41. The first kappa shape index (κ1) is 9.06. The number of thioether (sulfide) groups is 1. The molecule has 71 valence electrons. The Morgan fingerprint density at radius 3 is 3.08 bits per heavy atom. The molecule has 3 nitrogen and oxygen atoms in total. The van der Waals surface area contributed by atoms with Crippen LogP contribution in [0.1, 0.15) is 19.8 Å². The smallest absolute Gasteiger partial charge is 0.179 e. The Kier molecular flexibility index (Phi) is 2.58. The number of Topliss-reactive ketones (excluding diaryl/α,β-unsaturated/α-hetero) is 1. The molecule has 1 heterocycles. The summed E-state index contributed by atoms with van der Waals surface area (Å²) in [4.78, 5) is 14.8. The first-order valence-corrected chi connectivity index (χ1v) is 5.51. The van der Waals surface area contributed by atoms with E-state index in [1.54, 1.807) is 18.7 Å². The molecule has 0 bridgehead atoms. The monoisotopic (exact) mass is 197 g/mol. The molecule has 2 fully saturated rings. The van der Waals surface area contributed by atoms with Crippen molar-refractivity contribution in [3.05, 3.63) is 0 Å². The standard InChI is InChI=1S/C9H13N2OS/c1-6(12)4-10-9-11-5-8(13-9)7-2-3-7/h7-8H,2-5H2,1H3. The number of ketones is 1. The van der Waals surface area contributed by atoms with E-state index in [9.17, 15) is 4.79 Å². The summed E-state index contributed by atoms with van der Waals surface area (Å²) in [7, 11) is 0. The van der Waals surface area contributed by atoms with Crippen LogP contribution in [0.25, 0.3) is 0 Å². The van der Waals surface area contributed by atoms with Crippen molar-refractivity contribution in [3.63, 3.8) is 0 Å². The Labute approximate surface area is 82.4 Å². The highest BCUT2D eigenvalue weighted by molar-refractivity contribution is 8.14. The molecular weight excluding hydrogens is 184 g/mol. The van der Waals surface area contributed by atoms with Crippen molar-refractivity contribution in [2.45, 2.75) is 25.0 Å². The second-order valence-electron chi connectivity index (χ2n) is 3.64. The minimum Gasteiger partial charge on any atom is -0.298 e. The number of rotatable bonds is 3. The zero-order chi connectivity index (χ0) is 9.26. The fourth-order valence-electron chi connectivity index (χ4n) is 1.36. The third-order valence-electron chi connectivity index (χ3n) is 2.25. The Bertz CT molecular complexity index is 248. The fraction of sp³-hybridized carbons (Fsp3) is 0.778. The van der Waals surface area contributed by atoms with Crippen LogP contribution < -0.4 is 5.32 Å². The Morgan fingerprint density at radius 2 is 2.46 bits per heavy atom. The summed E-state index contributed by atoms with van der Waals surface area (Å²) in [6, 6.07) is 0. The number of aliphatic imine (C=N–C) groups is 1. The van der Waals surface area contributed by atoms with Gasteiger partial charge in [0.25, 0.3) is 0 Å². The van der Waals surface area contributed by atoms with Crippen LogP contribution in [-0.2, 0) is 4.79 Å². The van der Waals surface area contributed by atoms with Gasteiger partial charge in [0, 0.05) is 5.25 Å². The quantitative estimate of drug-likeness (QED) is 0.679. The summed E-state index contributed by atoms with van der Waals surface area (Å²) in [5.41, 5.74) is 0. The van der Waals surface area contributed by atoms with Crippen LogP contribution in [0.4, 0.5) is 0 Å². The van der Waals surface area contributed by atoms with Crippen LogP contribution >= 0.6 is 11.8 Å². The summed E-state index contributed by atoms with van der Waals surface area (Å²) in [6.45, 7) is 2.76. The maximum absolute atomic E-state index is 10.7. The summed E-state index contributed by atoms with van der Waals surface area (Å²) < 4.78 is 0. The SMILES string of the molecule is CC(=O)CN=C1[N]CC(C2CC2)S1. The molecule has 0 N–H and O–H groups in total. The van der Waals surface area contributed by atoms with Crippen LogP contribution in [-0.4, -0.2) is 29.3 Å². The van der Waals surface area contributed by atoms with Gasteiger partial charge in [0.05, 0.1) is 6.54 Å². The lowest BCUT2D eigenvalue weighted by Crippen LogP contribution is -2.10. The zero-order valence-corrected chi connectivity index (χ0v) is 8.51. The Balaban J connectivity index is 1.82. The number of amidine groups is 1. The van der Waals surface area contributed by atoms with Crippen molar-refractivity contribution in [1.29, 1.82) is 0 Å². The molecule has 0 aromatic carbocycles. The minimum atomic E-state index is 0.109. The van der Waals surface area contributed by atoms with Gasteiger partial charge < -0.3 is 0 Å². The van der Waals surface area contributed by atoms with Gasteiger partial charge in [-0.15, -0.1) is 0 Å². The average Bonchev–Trinajstić information content (AvgIpc) is 2.83. The molecule has 1 aliphatic carbocycles. The third-order valence-corrected chi connectivity index (χ3v) is 3.55. The van der Waals surface area contributed by atoms with Crippen LogP contribution in [0.5, 0.6) is 0 Å². The second-order valence-corrected chi connectivity index (χ2v) is 4.84. The lowest BCUT2D eigenvalue weighted by molar-refractivity contribution is -0.115. The third kappa shape index (κ3) is 2.46. The predicted octanol–water partition coefficient (Wildman–Crippen LogP) is 1.06. The maximum Gasteiger partial charge on any atom is 0.179 e. The molecule has 0 amide bonds. The molecule has 13 heavy (non-hydrogen) atoms. The molecular formula is C9H13N2OS. The predicted molar refractivity (Wildman–Crippen MR) is 54.1 cm³/mol. The topological polar surface area (TPSA) is 43.5 Å². The average molecular weight is 197 g/mol. The number of carbonyl (C=O) groups excluding carboxylic acids is 1. The molecule has 2 rings (SSSR count). The number of hydrogen-bond donors (Lipinski definition) is 0. The molecule has 0 aromatic rings. The molecule has 1 unspecified atom stereocenters.